The number of aromatic nitrogens is 1. The van der Waals surface area contributed by atoms with Crippen molar-refractivity contribution in [2.75, 3.05) is 13.2 Å². The van der Waals surface area contributed by atoms with Crippen LogP contribution >= 0.6 is 0 Å². The molecule has 3 N–H and O–H groups in total. The number of aliphatic hydroxyl groups excluding tert-OH is 1. The average molecular weight is 391 g/mol. The molecule has 0 radical (unpaired) electrons. The highest BCUT2D eigenvalue weighted by Gasteiger charge is 2.16. The lowest BCUT2D eigenvalue weighted by molar-refractivity contribution is -0.117. The Hall–Kier alpha value is -3.38. The van der Waals surface area contributed by atoms with Gasteiger partial charge in [0.05, 0.1) is 0 Å². The predicted molar refractivity (Wildman–Crippen MR) is 114 cm³/mol. The van der Waals surface area contributed by atoms with Crippen LogP contribution in [-0.4, -0.2) is 34.6 Å². The molecule has 0 fully saturated rings. The lowest BCUT2D eigenvalue weighted by Crippen LogP contribution is -2.35. The SMILES string of the molecule is Cc1ccc(C(=O)N/C(=C\c2cn(C)c3ccccc23)C(=O)NCCCO)cc1. The number of carbonyl (C=O) groups excluding carboxylic acids is 2. The van der Waals surface area contributed by atoms with Crippen molar-refractivity contribution in [2.24, 2.45) is 7.05 Å². The van der Waals surface area contributed by atoms with E-state index >= 15 is 0 Å². The molecule has 0 saturated carbocycles. The predicted octanol–water partition coefficient (Wildman–Crippen LogP) is 2.76. The maximum Gasteiger partial charge on any atom is 0.267 e. The van der Waals surface area contributed by atoms with Crippen LogP contribution in [0.3, 0.4) is 0 Å². The number of nitrogens with one attached hydrogen (secondary N) is 2. The highest BCUT2D eigenvalue weighted by atomic mass is 16.3. The van der Waals surface area contributed by atoms with Gasteiger partial charge in [-0.15, -0.1) is 0 Å². The third kappa shape index (κ3) is 4.92. The molecule has 0 saturated heterocycles. The summed E-state index contributed by atoms with van der Waals surface area (Å²) in [5.41, 5.74) is 3.55. The smallest absolute Gasteiger partial charge is 0.267 e. The van der Waals surface area contributed by atoms with Crippen LogP contribution in [0, 0.1) is 6.92 Å². The second-order valence-electron chi connectivity index (χ2n) is 6.92. The zero-order chi connectivity index (χ0) is 20.8. The Morgan fingerprint density at radius 1 is 1.10 bits per heavy atom. The number of hydrogen-bond donors (Lipinski definition) is 3. The molecule has 1 heterocycles. The van der Waals surface area contributed by atoms with Gasteiger partial charge in [0, 0.05) is 48.4 Å². The van der Waals surface area contributed by atoms with E-state index in [1.54, 1.807) is 18.2 Å². The zero-order valence-electron chi connectivity index (χ0n) is 16.6. The molecule has 2 amide bonds. The second kappa shape index (κ2) is 9.21. The number of aliphatic hydroxyl groups is 1. The number of amides is 2. The van der Waals surface area contributed by atoms with E-state index in [4.69, 9.17) is 5.11 Å². The van der Waals surface area contributed by atoms with Gasteiger partial charge in [0.15, 0.2) is 0 Å². The van der Waals surface area contributed by atoms with Gasteiger partial charge < -0.3 is 20.3 Å². The van der Waals surface area contributed by atoms with Crippen LogP contribution in [0.15, 0.2) is 60.4 Å². The Kier molecular flexibility index (Phi) is 6.46. The summed E-state index contributed by atoms with van der Waals surface area (Å²) < 4.78 is 1.98. The Labute approximate surface area is 169 Å². The molecular weight excluding hydrogens is 366 g/mol. The standard InChI is InChI=1S/C23H25N3O3/c1-16-8-10-17(11-9-16)22(28)25-20(23(29)24-12-5-13-27)14-18-15-26(2)21-7-4-3-6-19(18)21/h3-4,6-11,14-15,27H,5,12-13H2,1-2H3,(H,24,29)(H,25,28)/b20-14-. The molecule has 6 nitrogen and oxygen atoms in total. The van der Waals surface area contributed by atoms with Crippen molar-refractivity contribution in [3.8, 4) is 0 Å². The maximum atomic E-state index is 12.7. The van der Waals surface area contributed by atoms with Gasteiger partial charge in [0.2, 0.25) is 0 Å². The van der Waals surface area contributed by atoms with Crippen LogP contribution in [0.5, 0.6) is 0 Å². The topological polar surface area (TPSA) is 83.4 Å². The molecule has 6 heteroatoms. The van der Waals surface area contributed by atoms with Gasteiger partial charge in [-0.25, -0.2) is 0 Å². The van der Waals surface area contributed by atoms with Crippen molar-refractivity contribution in [2.45, 2.75) is 13.3 Å². The van der Waals surface area contributed by atoms with Crippen molar-refractivity contribution in [3.63, 3.8) is 0 Å². The van der Waals surface area contributed by atoms with Crippen LogP contribution < -0.4 is 10.6 Å². The summed E-state index contributed by atoms with van der Waals surface area (Å²) in [6.07, 6.45) is 4.05. The first-order valence-corrected chi connectivity index (χ1v) is 9.52. The van der Waals surface area contributed by atoms with Crippen molar-refractivity contribution < 1.29 is 14.7 Å². The minimum atomic E-state index is -0.396. The highest BCUT2D eigenvalue weighted by molar-refractivity contribution is 6.06. The van der Waals surface area contributed by atoms with Crippen molar-refractivity contribution in [1.82, 2.24) is 15.2 Å². The molecule has 29 heavy (non-hydrogen) atoms. The summed E-state index contributed by atoms with van der Waals surface area (Å²) in [5, 5.41) is 15.4. The largest absolute Gasteiger partial charge is 0.396 e. The minimum Gasteiger partial charge on any atom is -0.396 e. The van der Waals surface area contributed by atoms with E-state index < -0.39 is 5.91 Å². The highest BCUT2D eigenvalue weighted by Crippen LogP contribution is 2.22. The summed E-state index contributed by atoms with van der Waals surface area (Å²) in [6.45, 7) is 2.25. The van der Waals surface area contributed by atoms with E-state index in [0.717, 1.165) is 22.0 Å². The van der Waals surface area contributed by atoms with E-state index in [2.05, 4.69) is 10.6 Å². The molecule has 1 aromatic heterocycles. The van der Waals surface area contributed by atoms with Crippen molar-refractivity contribution >= 4 is 28.8 Å². The zero-order valence-corrected chi connectivity index (χ0v) is 16.6. The first-order chi connectivity index (χ1) is 14.0. The molecule has 3 aromatic rings. The lowest BCUT2D eigenvalue weighted by Gasteiger charge is -2.11. The molecule has 0 spiro atoms. The lowest BCUT2D eigenvalue weighted by atomic mass is 10.1. The van der Waals surface area contributed by atoms with Crippen LogP contribution in [0.25, 0.3) is 17.0 Å². The molecular formula is C23H25N3O3. The third-order valence-electron chi connectivity index (χ3n) is 4.65. The number of carbonyl (C=O) groups is 2. The number of aryl methyl sites for hydroxylation is 2. The van der Waals surface area contributed by atoms with Crippen LogP contribution in [0.2, 0.25) is 0 Å². The van der Waals surface area contributed by atoms with Gasteiger partial charge >= 0.3 is 0 Å². The number of benzene rings is 2. The second-order valence-corrected chi connectivity index (χ2v) is 6.92. The summed E-state index contributed by atoms with van der Waals surface area (Å²) in [7, 11) is 1.94. The van der Waals surface area contributed by atoms with E-state index in [1.165, 1.54) is 0 Å². The molecule has 0 atom stereocenters. The molecule has 0 bridgehead atoms. The first-order valence-electron chi connectivity index (χ1n) is 9.52. The molecule has 0 unspecified atom stereocenters. The Bertz CT molecular complexity index is 1050. The van der Waals surface area contributed by atoms with E-state index in [1.807, 2.05) is 61.1 Å². The summed E-state index contributed by atoms with van der Waals surface area (Å²) in [5.74, 6) is -0.749. The number of fused-ring (bicyclic) bond motifs is 1. The van der Waals surface area contributed by atoms with Gasteiger partial charge in [-0.05, 0) is 37.6 Å². The van der Waals surface area contributed by atoms with Crippen molar-refractivity contribution in [1.29, 1.82) is 0 Å². The van der Waals surface area contributed by atoms with Crippen molar-refractivity contribution in [3.05, 3.63) is 77.1 Å². The number of hydrogen-bond acceptors (Lipinski definition) is 3. The quantitative estimate of drug-likeness (QED) is 0.428. The minimum absolute atomic E-state index is 0.0155. The molecule has 0 aliphatic carbocycles. The van der Waals surface area contributed by atoms with E-state index in [0.29, 0.717) is 18.5 Å². The van der Waals surface area contributed by atoms with E-state index in [9.17, 15) is 9.59 Å². The third-order valence-corrected chi connectivity index (χ3v) is 4.65. The van der Waals surface area contributed by atoms with Crippen LogP contribution in [0.4, 0.5) is 0 Å². The maximum absolute atomic E-state index is 12.7. The molecule has 0 aliphatic heterocycles. The number of para-hydroxylation sites is 1. The molecule has 150 valence electrons. The fourth-order valence-electron chi connectivity index (χ4n) is 3.08. The summed E-state index contributed by atoms with van der Waals surface area (Å²) in [6, 6.07) is 15.0. The van der Waals surface area contributed by atoms with E-state index in [-0.39, 0.29) is 18.2 Å². The van der Waals surface area contributed by atoms with Gasteiger partial charge in [0.1, 0.15) is 5.70 Å². The molecule has 2 aromatic carbocycles. The van der Waals surface area contributed by atoms with Gasteiger partial charge in [-0.2, -0.15) is 0 Å². The van der Waals surface area contributed by atoms with Crippen LogP contribution in [-0.2, 0) is 11.8 Å². The Morgan fingerprint density at radius 3 is 2.55 bits per heavy atom. The monoisotopic (exact) mass is 391 g/mol. The summed E-state index contributed by atoms with van der Waals surface area (Å²) in [4.78, 5) is 25.4. The summed E-state index contributed by atoms with van der Waals surface area (Å²) >= 11 is 0. The Balaban J connectivity index is 1.93. The fraction of sp³-hybridized carbons (Fsp3) is 0.217. The normalized spacial score (nSPS) is 11.5. The number of rotatable bonds is 7. The average Bonchev–Trinajstić information content (AvgIpc) is 3.04. The Morgan fingerprint density at radius 2 is 1.83 bits per heavy atom. The molecule has 3 rings (SSSR count). The van der Waals surface area contributed by atoms with Gasteiger partial charge in [-0.1, -0.05) is 35.9 Å². The number of nitrogens with zero attached hydrogens (tertiary/aromatic N) is 1. The van der Waals surface area contributed by atoms with Gasteiger partial charge in [0.25, 0.3) is 11.8 Å². The molecule has 0 aliphatic rings. The van der Waals surface area contributed by atoms with Crippen LogP contribution in [0.1, 0.15) is 27.9 Å². The first kappa shape index (κ1) is 20.4. The fourth-order valence-corrected chi connectivity index (χ4v) is 3.08. The van der Waals surface area contributed by atoms with Gasteiger partial charge in [-0.3, -0.25) is 9.59 Å².